The molecule has 0 aromatic heterocycles. The number of benzene rings is 1. The van der Waals surface area contributed by atoms with Crippen LogP contribution in [0, 0.1) is 0 Å². The van der Waals surface area contributed by atoms with Gasteiger partial charge in [0.05, 0.1) is 6.54 Å². The van der Waals surface area contributed by atoms with Crippen LogP contribution in [0.3, 0.4) is 0 Å². The Morgan fingerprint density at radius 1 is 1.12 bits per heavy atom. The van der Waals surface area contributed by atoms with Gasteiger partial charge in [-0.1, -0.05) is 18.2 Å². The van der Waals surface area contributed by atoms with Gasteiger partial charge in [-0.2, -0.15) is 0 Å². The molecule has 2 heterocycles. The highest BCUT2D eigenvalue weighted by Crippen LogP contribution is 2.17. The van der Waals surface area contributed by atoms with Crippen LogP contribution in [0.1, 0.15) is 19.3 Å². The maximum Gasteiger partial charge on any atom is 0.306 e. The van der Waals surface area contributed by atoms with E-state index in [1.165, 1.54) is 0 Å². The van der Waals surface area contributed by atoms with Gasteiger partial charge in [0, 0.05) is 44.7 Å². The SMILES string of the molecule is O=C(CN1CCCN(C(=O)C2CCC(=O)O2)CC1)Nc1ccccc1. The number of amides is 2. The molecule has 2 fully saturated rings. The van der Waals surface area contributed by atoms with Crippen LogP contribution in [0.4, 0.5) is 5.69 Å². The first-order chi connectivity index (χ1) is 12.1. The molecule has 0 aliphatic carbocycles. The predicted octanol–water partition coefficient (Wildman–Crippen LogP) is 0.865. The number of nitrogens with one attached hydrogen (secondary N) is 1. The minimum atomic E-state index is -0.625. The summed E-state index contributed by atoms with van der Waals surface area (Å²) in [5, 5.41) is 2.87. The van der Waals surface area contributed by atoms with E-state index in [2.05, 4.69) is 5.32 Å². The Kier molecular flexibility index (Phi) is 5.65. The lowest BCUT2D eigenvalue weighted by Gasteiger charge is -2.23. The third-order valence-corrected chi connectivity index (χ3v) is 4.48. The number of hydrogen-bond acceptors (Lipinski definition) is 5. The Balaban J connectivity index is 1.47. The van der Waals surface area contributed by atoms with Crippen molar-refractivity contribution in [3.63, 3.8) is 0 Å². The average Bonchev–Trinajstić information content (AvgIpc) is 2.90. The van der Waals surface area contributed by atoms with Crippen LogP contribution in [0.15, 0.2) is 30.3 Å². The van der Waals surface area contributed by atoms with Gasteiger partial charge < -0.3 is 15.0 Å². The molecule has 1 unspecified atom stereocenters. The smallest absolute Gasteiger partial charge is 0.306 e. The van der Waals surface area contributed by atoms with Gasteiger partial charge in [0.15, 0.2) is 6.10 Å². The predicted molar refractivity (Wildman–Crippen MR) is 91.8 cm³/mol. The molecular formula is C18H23N3O4. The van der Waals surface area contributed by atoms with E-state index in [1.807, 2.05) is 35.2 Å². The summed E-state index contributed by atoms with van der Waals surface area (Å²) in [7, 11) is 0. The number of ether oxygens (including phenoxy) is 1. The lowest BCUT2D eigenvalue weighted by molar-refractivity contribution is -0.152. The number of hydrogen-bond donors (Lipinski definition) is 1. The van der Waals surface area contributed by atoms with Gasteiger partial charge in [-0.05, 0) is 18.6 Å². The monoisotopic (exact) mass is 345 g/mol. The van der Waals surface area contributed by atoms with Gasteiger partial charge in [0.2, 0.25) is 5.91 Å². The minimum absolute atomic E-state index is 0.0595. The lowest BCUT2D eigenvalue weighted by atomic mass is 10.2. The van der Waals surface area contributed by atoms with Crippen molar-refractivity contribution in [3.8, 4) is 0 Å². The summed E-state index contributed by atoms with van der Waals surface area (Å²) in [5.74, 6) is -0.468. The highest BCUT2D eigenvalue weighted by Gasteiger charge is 2.33. The molecule has 2 amide bonds. The Labute approximate surface area is 146 Å². The largest absolute Gasteiger partial charge is 0.452 e. The molecule has 2 saturated heterocycles. The molecule has 3 rings (SSSR count). The first-order valence-electron chi connectivity index (χ1n) is 8.67. The number of nitrogens with zero attached hydrogens (tertiary/aromatic N) is 2. The van der Waals surface area contributed by atoms with Crippen molar-refractivity contribution in [2.45, 2.75) is 25.4 Å². The molecule has 1 aromatic rings. The van der Waals surface area contributed by atoms with Crippen LogP contribution in [0.25, 0.3) is 0 Å². The van der Waals surface area contributed by atoms with Gasteiger partial charge >= 0.3 is 5.97 Å². The standard InChI is InChI=1S/C18H23N3O4/c22-16(19-14-5-2-1-3-6-14)13-20-9-4-10-21(12-11-20)18(24)15-7-8-17(23)25-15/h1-3,5-6,15H,4,7-13H2,(H,19,22). The fourth-order valence-electron chi connectivity index (χ4n) is 3.18. The van der Waals surface area contributed by atoms with Gasteiger partial charge in [-0.15, -0.1) is 0 Å². The van der Waals surface area contributed by atoms with Crippen molar-refractivity contribution in [3.05, 3.63) is 30.3 Å². The molecule has 0 radical (unpaired) electrons. The van der Waals surface area contributed by atoms with Crippen LogP contribution in [-0.2, 0) is 19.1 Å². The van der Waals surface area contributed by atoms with Crippen molar-refractivity contribution in [1.29, 1.82) is 0 Å². The molecule has 2 aliphatic heterocycles. The van der Waals surface area contributed by atoms with Crippen LogP contribution < -0.4 is 5.32 Å². The van der Waals surface area contributed by atoms with E-state index in [0.717, 1.165) is 18.7 Å². The summed E-state index contributed by atoms with van der Waals surface area (Å²) in [6.45, 7) is 2.87. The first-order valence-corrected chi connectivity index (χ1v) is 8.67. The second kappa shape index (κ2) is 8.11. The van der Waals surface area contributed by atoms with Gasteiger partial charge in [-0.25, -0.2) is 0 Å². The number of cyclic esters (lactones) is 1. The topological polar surface area (TPSA) is 79.0 Å². The number of rotatable bonds is 4. The minimum Gasteiger partial charge on any atom is -0.452 e. The van der Waals surface area contributed by atoms with Gasteiger partial charge in [0.1, 0.15) is 0 Å². The van der Waals surface area contributed by atoms with E-state index in [4.69, 9.17) is 4.74 Å². The molecule has 25 heavy (non-hydrogen) atoms. The summed E-state index contributed by atoms with van der Waals surface area (Å²) in [6.07, 6.45) is 0.957. The Bertz CT molecular complexity index is 634. The third-order valence-electron chi connectivity index (χ3n) is 4.48. The maximum absolute atomic E-state index is 12.4. The number of anilines is 1. The molecule has 7 nitrogen and oxygen atoms in total. The summed E-state index contributed by atoms with van der Waals surface area (Å²) in [4.78, 5) is 39.6. The van der Waals surface area contributed by atoms with E-state index in [-0.39, 0.29) is 17.8 Å². The van der Waals surface area contributed by atoms with Crippen LogP contribution in [0.2, 0.25) is 0 Å². The summed E-state index contributed by atoms with van der Waals surface area (Å²) >= 11 is 0. The average molecular weight is 345 g/mol. The van der Waals surface area contributed by atoms with E-state index in [1.54, 1.807) is 4.90 Å². The van der Waals surface area contributed by atoms with Crippen LogP contribution in [0.5, 0.6) is 0 Å². The van der Waals surface area contributed by atoms with E-state index < -0.39 is 6.10 Å². The Morgan fingerprint density at radius 2 is 1.92 bits per heavy atom. The molecule has 1 N–H and O–H groups in total. The second-order valence-corrected chi connectivity index (χ2v) is 6.39. The van der Waals surface area contributed by atoms with Crippen molar-refractivity contribution in [1.82, 2.24) is 9.80 Å². The van der Waals surface area contributed by atoms with Crippen molar-refractivity contribution >= 4 is 23.5 Å². The Morgan fingerprint density at radius 3 is 2.64 bits per heavy atom. The molecule has 1 aromatic carbocycles. The van der Waals surface area contributed by atoms with Crippen LogP contribution in [-0.4, -0.2) is 66.4 Å². The number of carbonyl (C=O) groups is 3. The van der Waals surface area contributed by atoms with Crippen molar-refractivity contribution in [2.24, 2.45) is 0 Å². The maximum atomic E-state index is 12.4. The Hall–Kier alpha value is -2.41. The molecule has 0 spiro atoms. The van der Waals surface area contributed by atoms with Gasteiger partial charge in [-0.3, -0.25) is 19.3 Å². The third kappa shape index (κ3) is 4.79. The van der Waals surface area contributed by atoms with E-state index >= 15 is 0 Å². The first kappa shape index (κ1) is 17.4. The highest BCUT2D eigenvalue weighted by molar-refractivity contribution is 5.92. The van der Waals surface area contributed by atoms with Crippen molar-refractivity contribution < 1.29 is 19.1 Å². The zero-order valence-corrected chi connectivity index (χ0v) is 14.1. The molecule has 1 atom stereocenters. The molecule has 0 saturated carbocycles. The fourth-order valence-corrected chi connectivity index (χ4v) is 3.18. The summed E-state index contributed by atoms with van der Waals surface area (Å²) in [6, 6.07) is 9.35. The highest BCUT2D eigenvalue weighted by atomic mass is 16.6. The summed E-state index contributed by atoms with van der Waals surface area (Å²) < 4.78 is 5.07. The molecule has 7 heteroatoms. The normalized spacial score (nSPS) is 21.5. The molecular weight excluding hydrogens is 322 g/mol. The molecule has 2 aliphatic rings. The zero-order chi connectivity index (χ0) is 17.6. The van der Waals surface area contributed by atoms with Gasteiger partial charge in [0.25, 0.3) is 5.91 Å². The lowest BCUT2D eigenvalue weighted by Crippen LogP contribution is -2.42. The molecule has 134 valence electrons. The quantitative estimate of drug-likeness (QED) is 0.819. The number of esters is 1. The van der Waals surface area contributed by atoms with E-state index in [9.17, 15) is 14.4 Å². The van der Waals surface area contributed by atoms with Crippen LogP contribution >= 0.6 is 0 Å². The number of carbonyl (C=O) groups excluding carboxylic acids is 3. The zero-order valence-electron chi connectivity index (χ0n) is 14.1. The van der Waals surface area contributed by atoms with E-state index in [0.29, 0.717) is 39.0 Å². The second-order valence-electron chi connectivity index (χ2n) is 6.39. The van der Waals surface area contributed by atoms with Crippen molar-refractivity contribution in [2.75, 3.05) is 38.0 Å². The number of para-hydroxylation sites is 1. The fraction of sp³-hybridized carbons (Fsp3) is 0.500. The molecule has 0 bridgehead atoms. The summed E-state index contributed by atoms with van der Waals surface area (Å²) in [5.41, 5.74) is 0.780.